The lowest BCUT2D eigenvalue weighted by Gasteiger charge is -2.36. The average Bonchev–Trinajstić information content (AvgIpc) is 3.25. The Hall–Kier alpha value is -2.62. The van der Waals surface area contributed by atoms with Crippen LogP contribution in [-0.2, 0) is 19.1 Å². The molecule has 1 atom stereocenters. The summed E-state index contributed by atoms with van der Waals surface area (Å²) in [4.78, 5) is 35.0. The maximum atomic E-state index is 13.1. The van der Waals surface area contributed by atoms with E-state index in [1.165, 1.54) is 17.3 Å². The molecule has 3 heterocycles. The van der Waals surface area contributed by atoms with Crippen molar-refractivity contribution < 1.29 is 19.1 Å². The highest BCUT2D eigenvalue weighted by atomic mass is 32.2. The molecule has 0 bridgehead atoms. The number of benzene rings is 1. The Morgan fingerprint density at radius 2 is 1.94 bits per heavy atom. The number of fused-ring (bicyclic) bond motifs is 1. The van der Waals surface area contributed by atoms with Gasteiger partial charge in [0, 0.05) is 31.9 Å². The first-order valence-corrected chi connectivity index (χ1v) is 13.5. The van der Waals surface area contributed by atoms with Crippen LogP contribution in [0, 0.1) is 0 Å². The first-order valence-electron chi connectivity index (χ1n) is 12.7. The van der Waals surface area contributed by atoms with Crippen molar-refractivity contribution in [2.45, 2.75) is 46.1 Å². The molecular formula is C27H36N4O4S. The lowest BCUT2D eigenvalue weighted by molar-refractivity contribution is -0.139. The third-order valence-corrected chi connectivity index (χ3v) is 7.50. The number of esters is 1. The second-order valence-electron chi connectivity index (χ2n) is 9.42. The molecule has 36 heavy (non-hydrogen) atoms. The topological polar surface area (TPSA) is 83.5 Å². The van der Waals surface area contributed by atoms with Gasteiger partial charge in [0.15, 0.2) is 5.17 Å². The van der Waals surface area contributed by atoms with E-state index >= 15 is 0 Å². The van der Waals surface area contributed by atoms with Crippen LogP contribution in [0.15, 0.2) is 51.6 Å². The van der Waals surface area contributed by atoms with Gasteiger partial charge in [-0.25, -0.2) is 9.79 Å². The molecule has 1 fully saturated rings. The summed E-state index contributed by atoms with van der Waals surface area (Å²) in [5.74, 6) is -0.0144. The molecule has 0 radical (unpaired) electrons. The maximum absolute atomic E-state index is 13.1. The molecule has 1 saturated heterocycles. The first-order chi connectivity index (χ1) is 17.4. The highest BCUT2D eigenvalue weighted by Gasteiger charge is 2.41. The number of aliphatic imine (C=N–C) groups is 1. The molecule has 0 spiro atoms. The third-order valence-electron chi connectivity index (χ3n) is 6.61. The number of thioether (sulfide) groups is 1. The van der Waals surface area contributed by atoms with E-state index in [0.717, 1.165) is 49.3 Å². The molecule has 8 nitrogen and oxygen atoms in total. The summed E-state index contributed by atoms with van der Waals surface area (Å²) in [7, 11) is 0. The Morgan fingerprint density at radius 1 is 1.22 bits per heavy atom. The molecule has 1 unspecified atom stereocenters. The molecule has 194 valence electrons. The van der Waals surface area contributed by atoms with Crippen molar-refractivity contribution in [3.8, 4) is 0 Å². The molecule has 1 aromatic carbocycles. The number of allylic oxidation sites excluding steroid dienone is 1. The minimum Gasteiger partial charge on any atom is -0.463 e. The number of nitrogens with one attached hydrogen (secondary N) is 1. The number of carbonyl (C=O) groups excluding carboxylic acids is 2. The van der Waals surface area contributed by atoms with Crippen LogP contribution < -0.4 is 5.32 Å². The van der Waals surface area contributed by atoms with Crippen LogP contribution in [0.2, 0.25) is 0 Å². The molecule has 0 aliphatic carbocycles. The van der Waals surface area contributed by atoms with Gasteiger partial charge in [0.25, 0.3) is 0 Å². The third kappa shape index (κ3) is 6.02. The number of amides is 1. The predicted molar refractivity (Wildman–Crippen MR) is 142 cm³/mol. The van der Waals surface area contributed by atoms with E-state index in [0.29, 0.717) is 23.7 Å². The lowest BCUT2D eigenvalue weighted by Crippen LogP contribution is -2.42. The molecular weight excluding hydrogens is 476 g/mol. The van der Waals surface area contributed by atoms with E-state index in [4.69, 9.17) is 14.5 Å². The Kier molecular flexibility index (Phi) is 8.87. The van der Waals surface area contributed by atoms with Gasteiger partial charge in [-0.05, 0) is 36.3 Å². The fourth-order valence-electron chi connectivity index (χ4n) is 4.62. The van der Waals surface area contributed by atoms with Gasteiger partial charge < -0.3 is 19.7 Å². The standard InChI is InChI=1S/C27H36N4O4S/c1-5-35-26(33)24-19(4)29-27-31(25(24)21-8-6-20(7-9-21)18(2)3)22(17-36-27)16-23(32)28-10-11-30-12-14-34-15-13-30/h6-9,17-18,25H,5,10-16H2,1-4H3,(H,28,32). The van der Waals surface area contributed by atoms with Crippen molar-refractivity contribution in [3.05, 3.63) is 57.8 Å². The maximum Gasteiger partial charge on any atom is 0.338 e. The number of rotatable bonds is 9. The average molecular weight is 513 g/mol. The summed E-state index contributed by atoms with van der Waals surface area (Å²) in [5.41, 5.74) is 4.19. The van der Waals surface area contributed by atoms with Crippen molar-refractivity contribution in [2.75, 3.05) is 46.0 Å². The quantitative estimate of drug-likeness (QED) is 0.504. The largest absolute Gasteiger partial charge is 0.463 e. The van der Waals surface area contributed by atoms with Crippen LogP contribution >= 0.6 is 11.8 Å². The Bertz CT molecular complexity index is 1060. The van der Waals surface area contributed by atoms with Crippen LogP contribution in [-0.4, -0.2) is 72.8 Å². The van der Waals surface area contributed by atoms with Crippen LogP contribution in [0.1, 0.15) is 57.2 Å². The van der Waals surface area contributed by atoms with Crippen molar-refractivity contribution in [2.24, 2.45) is 4.99 Å². The minimum atomic E-state index is -0.403. The van der Waals surface area contributed by atoms with Gasteiger partial charge in [-0.15, -0.1) is 0 Å². The summed E-state index contributed by atoms with van der Waals surface area (Å²) in [6.45, 7) is 12.9. The summed E-state index contributed by atoms with van der Waals surface area (Å²) < 4.78 is 10.8. The van der Waals surface area contributed by atoms with E-state index < -0.39 is 6.04 Å². The number of morpholine rings is 1. The van der Waals surface area contributed by atoms with Crippen molar-refractivity contribution in [3.63, 3.8) is 0 Å². The molecule has 0 aromatic heterocycles. The smallest absolute Gasteiger partial charge is 0.338 e. The van der Waals surface area contributed by atoms with Crippen molar-refractivity contribution in [1.82, 2.24) is 15.1 Å². The number of ether oxygens (including phenoxy) is 2. The van der Waals surface area contributed by atoms with Gasteiger partial charge in [-0.3, -0.25) is 9.69 Å². The van der Waals surface area contributed by atoms with E-state index in [1.54, 1.807) is 6.92 Å². The molecule has 3 aliphatic rings. The molecule has 1 amide bonds. The second kappa shape index (κ2) is 12.1. The van der Waals surface area contributed by atoms with Crippen LogP contribution in [0.4, 0.5) is 0 Å². The predicted octanol–water partition coefficient (Wildman–Crippen LogP) is 3.79. The highest BCUT2D eigenvalue weighted by Crippen LogP contribution is 2.45. The Labute approximate surface area is 217 Å². The van der Waals surface area contributed by atoms with Gasteiger partial charge in [0.2, 0.25) is 5.91 Å². The Balaban J connectivity index is 1.53. The van der Waals surface area contributed by atoms with Gasteiger partial charge in [0.05, 0.1) is 43.6 Å². The summed E-state index contributed by atoms with van der Waals surface area (Å²) in [5, 5.41) is 5.79. The zero-order valence-electron chi connectivity index (χ0n) is 21.6. The SMILES string of the molecule is CCOC(=O)C1=C(C)N=C2SC=C(CC(=O)NCCN3CCOCC3)N2C1c1ccc(C(C)C)cc1. The second-order valence-corrected chi connectivity index (χ2v) is 10.3. The monoisotopic (exact) mass is 512 g/mol. The number of carbonyl (C=O) groups is 2. The lowest BCUT2D eigenvalue weighted by atomic mass is 9.92. The molecule has 4 rings (SSSR count). The first kappa shape index (κ1) is 26.4. The number of hydrogen-bond acceptors (Lipinski definition) is 8. The number of hydrogen-bond donors (Lipinski definition) is 1. The normalized spacial score (nSPS) is 20.2. The fraction of sp³-hybridized carbons (Fsp3) is 0.519. The minimum absolute atomic E-state index is 0.0470. The van der Waals surface area contributed by atoms with Crippen LogP contribution in [0.25, 0.3) is 0 Å². The van der Waals surface area contributed by atoms with Gasteiger partial charge in [-0.1, -0.05) is 49.9 Å². The van der Waals surface area contributed by atoms with Gasteiger partial charge >= 0.3 is 5.97 Å². The van der Waals surface area contributed by atoms with Crippen LogP contribution in [0.3, 0.4) is 0 Å². The van der Waals surface area contributed by atoms with Crippen molar-refractivity contribution >= 4 is 28.8 Å². The number of amidine groups is 1. The van der Waals surface area contributed by atoms with E-state index in [9.17, 15) is 9.59 Å². The Morgan fingerprint density at radius 3 is 2.61 bits per heavy atom. The summed E-state index contributed by atoms with van der Waals surface area (Å²) in [6, 6.07) is 7.94. The molecule has 1 aromatic rings. The van der Waals surface area contributed by atoms with E-state index in [2.05, 4.69) is 48.3 Å². The molecule has 9 heteroatoms. The van der Waals surface area contributed by atoms with Crippen molar-refractivity contribution in [1.29, 1.82) is 0 Å². The summed E-state index contributed by atoms with van der Waals surface area (Å²) in [6.07, 6.45) is 0.213. The molecule has 1 N–H and O–H groups in total. The zero-order valence-corrected chi connectivity index (χ0v) is 22.4. The molecule has 0 saturated carbocycles. The summed E-state index contributed by atoms with van der Waals surface area (Å²) >= 11 is 1.49. The van der Waals surface area contributed by atoms with Crippen LogP contribution in [0.5, 0.6) is 0 Å². The number of nitrogens with zero attached hydrogens (tertiary/aromatic N) is 3. The van der Waals surface area contributed by atoms with Gasteiger partial charge in [0.1, 0.15) is 0 Å². The zero-order chi connectivity index (χ0) is 25.7. The highest BCUT2D eigenvalue weighted by molar-refractivity contribution is 8.16. The van der Waals surface area contributed by atoms with E-state index in [1.807, 2.05) is 17.2 Å². The molecule has 3 aliphatic heterocycles. The van der Waals surface area contributed by atoms with Gasteiger partial charge in [-0.2, -0.15) is 0 Å². The van der Waals surface area contributed by atoms with E-state index in [-0.39, 0.29) is 24.9 Å². The fourth-order valence-corrected chi connectivity index (χ4v) is 5.59.